The molecule has 8 nitrogen and oxygen atoms in total. The molecule has 0 unspecified atom stereocenters. The van der Waals surface area contributed by atoms with Gasteiger partial charge in [-0.05, 0) is 29.8 Å². The van der Waals surface area contributed by atoms with E-state index in [1.807, 2.05) is 53.2 Å². The summed E-state index contributed by atoms with van der Waals surface area (Å²) < 4.78 is 19.8. The first-order chi connectivity index (χ1) is 14.2. The van der Waals surface area contributed by atoms with E-state index in [2.05, 4.69) is 36.4 Å². The molecule has 0 radical (unpaired) electrons. The number of para-hydroxylation sites is 1. The number of hydrogen-bond donors (Lipinski definition) is 0. The summed E-state index contributed by atoms with van der Waals surface area (Å²) >= 11 is 3.45. The van der Waals surface area contributed by atoms with Crippen LogP contribution in [0.2, 0.25) is 0 Å². The zero-order valence-corrected chi connectivity index (χ0v) is 17.0. The summed E-state index contributed by atoms with van der Waals surface area (Å²) in [5.41, 5.74) is 3.19. The van der Waals surface area contributed by atoms with Gasteiger partial charge >= 0.3 is 0 Å². The number of hydrogen-bond acceptors (Lipinski definition) is 7. The minimum absolute atomic E-state index is 0.0861. The Morgan fingerprint density at radius 1 is 1.14 bits per heavy atom. The van der Waals surface area contributed by atoms with Crippen LogP contribution < -0.4 is 4.74 Å². The van der Waals surface area contributed by atoms with Crippen molar-refractivity contribution in [2.75, 3.05) is 7.11 Å². The Morgan fingerprint density at radius 2 is 1.97 bits per heavy atom. The molecule has 4 aromatic rings. The maximum atomic E-state index is 6.05. The molecule has 29 heavy (non-hydrogen) atoms. The Morgan fingerprint density at radius 3 is 2.79 bits per heavy atom. The number of methoxy groups -OCH3 is 1. The molecule has 2 aromatic heterocycles. The monoisotopic (exact) mass is 453 g/mol. The number of rotatable bonds is 4. The van der Waals surface area contributed by atoms with Gasteiger partial charge in [0.05, 0.1) is 31.5 Å². The van der Waals surface area contributed by atoms with Gasteiger partial charge in [0.1, 0.15) is 11.9 Å². The molecule has 0 saturated heterocycles. The summed E-state index contributed by atoms with van der Waals surface area (Å²) in [4.78, 5) is 4.49. The number of fused-ring (bicyclic) bond motifs is 1. The quantitative estimate of drug-likeness (QED) is 0.460. The summed E-state index contributed by atoms with van der Waals surface area (Å²) in [7, 11) is 1.61. The van der Waals surface area contributed by atoms with Gasteiger partial charge in [-0.25, -0.2) is 4.68 Å². The van der Waals surface area contributed by atoms with E-state index in [-0.39, 0.29) is 6.10 Å². The third-order valence-corrected chi connectivity index (χ3v) is 5.34. The first kappa shape index (κ1) is 18.0. The first-order valence-corrected chi connectivity index (χ1v) is 9.79. The van der Waals surface area contributed by atoms with E-state index >= 15 is 0 Å². The van der Waals surface area contributed by atoms with Crippen molar-refractivity contribution in [1.29, 1.82) is 0 Å². The van der Waals surface area contributed by atoms with Crippen LogP contribution in [0, 0.1) is 0 Å². The van der Waals surface area contributed by atoms with Gasteiger partial charge in [0, 0.05) is 4.47 Å². The van der Waals surface area contributed by atoms with Gasteiger partial charge in [-0.3, -0.25) is 0 Å². The van der Waals surface area contributed by atoms with Gasteiger partial charge in [-0.1, -0.05) is 50.6 Å². The Balaban J connectivity index is 1.42. The van der Waals surface area contributed by atoms with Crippen molar-refractivity contribution < 1.29 is 14.0 Å². The highest BCUT2D eigenvalue weighted by molar-refractivity contribution is 9.10. The van der Waals surface area contributed by atoms with Crippen molar-refractivity contribution in [3.8, 4) is 28.7 Å². The van der Waals surface area contributed by atoms with E-state index in [1.165, 1.54) is 0 Å². The second-order valence-corrected chi connectivity index (χ2v) is 7.46. The second-order valence-electron chi connectivity index (χ2n) is 6.54. The number of ether oxygens (including phenoxy) is 2. The van der Waals surface area contributed by atoms with Crippen LogP contribution in [0.25, 0.3) is 23.0 Å². The zero-order valence-electron chi connectivity index (χ0n) is 15.4. The van der Waals surface area contributed by atoms with Crippen molar-refractivity contribution in [3.63, 3.8) is 0 Å². The molecule has 0 N–H and O–H groups in total. The number of nitrogens with zero attached hydrogens (tertiary/aromatic N) is 5. The van der Waals surface area contributed by atoms with Crippen LogP contribution in [0.1, 0.15) is 17.4 Å². The number of aromatic nitrogens is 5. The van der Waals surface area contributed by atoms with Gasteiger partial charge in [0.25, 0.3) is 5.89 Å². The van der Waals surface area contributed by atoms with Gasteiger partial charge < -0.3 is 14.0 Å². The molecule has 146 valence electrons. The maximum absolute atomic E-state index is 6.05. The zero-order chi connectivity index (χ0) is 19.8. The number of halogens is 1. The van der Waals surface area contributed by atoms with Crippen molar-refractivity contribution in [1.82, 2.24) is 25.1 Å². The summed E-state index contributed by atoms with van der Waals surface area (Å²) in [6, 6.07) is 15.6. The Hall–Kier alpha value is -3.04. The predicted octanol–water partition coefficient (Wildman–Crippen LogP) is 4.04. The lowest BCUT2D eigenvalue weighted by Gasteiger charge is -2.24. The summed E-state index contributed by atoms with van der Waals surface area (Å²) in [6.07, 6.45) is -0.0861. The van der Waals surface area contributed by atoms with Crippen LogP contribution >= 0.6 is 15.9 Å². The molecule has 5 rings (SSSR count). The molecule has 0 aliphatic carbocycles. The Kier molecular flexibility index (Phi) is 4.61. The largest absolute Gasteiger partial charge is 0.496 e. The highest BCUT2D eigenvalue weighted by Crippen LogP contribution is 2.33. The van der Waals surface area contributed by atoms with E-state index in [0.29, 0.717) is 36.3 Å². The molecule has 0 amide bonds. The van der Waals surface area contributed by atoms with Crippen LogP contribution in [0.5, 0.6) is 5.75 Å². The maximum Gasteiger partial charge on any atom is 0.280 e. The lowest BCUT2D eigenvalue weighted by atomic mass is 10.1. The normalized spacial score (nSPS) is 15.9. The molecule has 1 aliphatic rings. The van der Waals surface area contributed by atoms with Gasteiger partial charge in [0.2, 0.25) is 5.82 Å². The highest BCUT2D eigenvalue weighted by atomic mass is 79.9. The van der Waals surface area contributed by atoms with E-state index in [9.17, 15) is 0 Å². The molecule has 0 bridgehead atoms. The van der Waals surface area contributed by atoms with Gasteiger partial charge in [-0.2, -0.15) is 4.98 Å². The van der Waals surface area contributed by atoms with E-state index in [4.69, 9.17) is 14.0 Å². The highest BCUT2D eigenvalue weighted by Gasteiger charge is 2.28. The van der Waals surface area contributed by atoms with Crippen molar-refractivity contribution >= 4 is 15.9 Å². The molecule has 9 heteroatoms. The van der Waals surface area contributed by atoms with Crippen molar-refractivity contribution in [2.45, 2.75) is 19.3 Å². The summed E-state index contributed by atoms with van der Waals surface area (Å²) in [5, 5.41) is 12.6. The van der Waals surface area contributed by atoms with E-state index in [0.717, 1.165) is 21.3 Å². The fraction of sp³-hybridized carbons (Fsp3) is 0.200. The lowest BCUT2D eigenvalue weighted by Crippen LogP contribution is -2.22. The van der Waals surface area contributed by atoms with Crippen LogP contribution in [0.15, 0.2) is 57.5 Å². The molecule has 0 spiro atoms. The molecular formula is C20H16BrN5O3. The van der Waals surface area contributed by atoms with E-state index < -0.39 is 0 Å². The third kappa shape index (κ3) is 3.32. The average molecular weight is 454 g/mol. The Bertz CT molecular complexity index is 1160. The SMILES string of the molecule is COc1ccccc1-c1noc(-c2nnn3c2CO[C@H](c2ccc(Br)cc2)C3)n1. The van der Waals surface area contributed by atoms with Gasteiger partial charge in [0.15, 0.2) is 5.69 Å². The van der Waals surface area contributed by atoms with Gasteiger partial charge in [-0.15, -0.1) is 5.10 Å². The average Bonchev–Trinajstić information content (AvgIpc) is 3.40. The first-order valence-electron chi connectivity index (χ1n) is 9.00. The van der Waals surface area contributed by atoms with Crippen LogP contribution in [-0.2, 0) is 17.9 Å². The minimum Gasteiger partial charge on any atom is -0.496 e. The summed E-state index contributed by atoms with van der Waals surface area (Å²) in [5.74, 6) is 1.41. The van der Waals surface area contributed by atoms with Crippen molar-refractivity contribution in [2.24, 2.45) is 0 Å². The molecule has 3 heterocycles. The second kappa shape index (κ2) is 7.41. The van der Waals surface area contributed by atoms with Crippen LogP contribution in [0.4, 0.5) is 0 Å². The molecule has 0 saturated carbocycles. The topological polar surface area (TPSA) is 88.1 Å². The molecule has 0 fully saturated rings. The minimum atomic E-state index is -0.0861. The molecule has 1 atom stereocenters. The van der Waals surface area contributed by atoms with Crippen LogP contribution in [-0.4, -0.2) is 32.2 Å². The van der Waals surface area contributed by atoms with Crippen LogP contribution in [0.3, 0.4) is 0 Å². The Labute approximate surface area is 174 Å². The predicted molar refractivity (Wildman–Crippen MR) is 107 cm³/mol. The third-order valence-electron chi connectivity index (χ3n) is 4.82. The standard InChI is InChI=1S/C20H16BrN5O3/c1-27-16-5-3-2-4-14(16)19-22-20(29-24-19)18-15-11-28-17(10-26(15)25-23-18)12-6-8-13(21)9-7-12/h2-9,17H,10-11H2,1H3/t17-/m0/s1. The lowest BCUT2D eigenvalue weighted by molar-refractivity contribution is -0.00117. The smallest absolute Gasteiger partial charge is 0.280 e. The molecular weight excluding hydrogens is 438 g/mol. The molecule has 1 aliphatic heterocycles. The fourth-order valence-electron chi connectivity index (χ4n) is 3.32. The van der Waals surface area contributed by atoms with Crippen molar-refractivity contribution in [3.05, 3.63) is 64.3 Å². The summed E-state index contributed by atoms with van der Waals surface area (Å²) in [6.45, 7) is 0.924. The fourth-order valence-corrected chi connectivity index (χ4v) is 3.58. The number of benzene rings is 2. The van der Waals surface area contributed by atoms with E-state index in [1.54, 1.807) is 7.11 Å². The molecule has 2 aromatic carbocycles.